The van der Waals surface area contributed by atoms with Gasteiger partial charge in [-0.2, -0.15) is 0 Å². The summed E-state index contributed by atoms with van der Waals surface area (Å²) in [6.45, 7) is 5.14. The quantitative estimate of drug-likeness (QED) is 0.537. The number of halogens is 1. The minimum absolute atomic E-state index is 0.0201. The first-order valence-corrected chi connectivity index (χ1v) is 11.4. The van der Waals surface area contributed by atoms with Gasteiger partial charge in [-0.15, -0.1) is 11.3 Å². The molecule has 5 nitrogen and oxygen atoms in total. The minimum atomic E-state index is 0.0201. The van der Waals surface area contributed by atoms with Crippen LogP contribution in [0.3, 0.4) is 0 Å². The lowest BCUT2D eigenvalue weighted by Crippen LogP contribution is -2.39. The van der Waals surface area contributed by atoms with Crippen LogP contribution in [0.15, 0.2) is 40.2 Å². The van der Waals surface area contributed by atoms with Crippen LogP contribution in [0, 0.1) is 0 Å². The number of para-hydroxylation sites is 1. The highest BCUT2D eigenvalue weighted by Crippen LogP contribution is 2.31. The molecular formula is C19H20BrN3O2S2. The van der Waals surface area contributed by atoms with Crippen molar-refractivity contribution < 1.29 is 9.53 Å². The van der Waals surface area contributed by atoms with Crippen molar-refractivity contribution in [3.63, 3.8) is 0 Å². The van der Waals surface area contributed by atoms with Gasteiger partial charge in [0.1, 0.15) is 0 Å². The maximum absolute atomic E-state index is 13.2. The number of nitrogens with zero attached hydrogens (tertiary/aromatic N) is 3. The number of anilines is 1. The molecule has 2 aromatic heterocycles. The van der Waals surface area contributed by atoms with Crippen LogP contribution >= 0.6 is 38.6 Å². The maximum Gasteiger partial charge on any atom is 0.270 e. The number of carbonyl (C=O) groups excluding carboxylic acids is 1. The van der Waals surface area contributed by atoms with Gasteiger partial charge in [-0.1, -0.05) is 23.5 Å². The van der Waals surface area contributed by atoms with E-state index in [9.17, 15) is 4.79 Å². The lowest BCUT2D eigenvalue weighted by Gasteiger charge is -2.27. The van der Waals surface area contributed by atoms with Gasteiger partial charge in [0, 0.05) is 26.2 Å². The number of ether oxygens (including phenoxy) is 1. The van der Waals surface area contributed by atoms with E-state index in [0.717, 1.165) is 63.3 Å². The molecule has 0 aliphatic carbocycles. The molecule has 1 amide bonds. The van der Waals surface area contributed by atoms with Crippen LogP contribution in [-0.4, -0.2) is 55.2 Å². The van der Waals surface area contributed by atoms with Gasteiger partial charge in [0.25, 0.3) is 5.91 Å². The number of amides is 1. The second kappa shape index (κ2) is 8.79. The van der Waals surface area contributed by atoms with Crippen molar-refractivity contribution in [2.24, 2.45) is 0 Å². The standard InChI is InChI=1S/C19H20BrN3O2S2/c20-17-7-6-16(26-17)18(24)23(9-3-8-22-10-12-25-13-11-22)19-21-14-4-1-2-5-15(14)27-19/h1-2,4-7H,3,8-13H2. The Bertz CT molecular complexity index is 887. The van der Waals surface area contributed by atoms with Gasteiger partial charge in [-0.3, -0.25) is 14.6 Å². The van der Waals surface area contributed by atoms with E-state index in [1.54, 1.807) is 11.3 Å². The van der Waals surface area contributed by atoms with E-state index in [1.165, 1.54) is 11.3 Å². The fourth-order valence-corrected chi connectivity index (χ4v) is 5.42. The molecule has 0 bridgehead atoms. The Morgan fingerprint density at radius 2 is 2.00 bits per heavy atom. The molecule has 0 spiro atoms. The Hall–Kier alpha value is -1.32. The number of rotatable bonds is 6. The van der Waals surface area contributed by atoms with Crippen LogP contribution in [0.4, 0.5) is 5.13 Å². The molecule has 0 radical (unpaired) electrons. The molecule has 1 saturated heterocycles. The predicted octanol–water partition coefficient (Wildman–Crippen LogP) is 4.49. The molecule has 0 atom stereocenters. The van der Waals surface area contributed by atoms with E-state index in [2.05, 4.69) is 26.9 Å². The fourth-order valence-electron chi connectivity index (χ4n) is 3.10. The third kappa shape index (κ3) is 4.57. The fraction of sp³-hybridized carbons (Fsp3) is 0.368. The molecule has 4 rings (SSSR count). The van der Waals surface area contributed by atoms with Crippen LogP contribution < -0.4 is 4.90 Å². The zero-order chi connectivity index (χ0) is 18.6. The third-order valence-electron chi connectivity index (χ3n) is 4.50. The first-order chi connectivity index (χ1) is 13.2. The summed E-state index contributed by atoms with van der Waals surface area (Å²) in [5.74, 6) is 0.0201. The number of benzene rings is 1. The van der Waals surface area contributed by atoms with Crippen LogP contribution in [-0.2, 0) is 4.74 Å². The smallest absolute Gasteiger partial charge is 0.270 e. The van der Waals surface area contributed by atoms with Gasteiger partial charge in [-0.05, 0) is 46.6 Å². The van der Waals surface area contributed by atoms with Gasteiger partial charge in [-0.25, -0.2) is 4.98 Å². The van der Waals surface area contributed by atoms with Crippen molar-refractivity contribution in [1.82, 2.24) is 9.88 Å². The molecule has 3 heterocycles. The molecule has 1 aliphatic rings. The lowest BCUT2D eigenvalue weighted by molar-refractivity contribution is 0.0376. The molecule has 0 unspecified atom stereocenters. The molecular weight excluding hydrogens is 446 g/mol. The largest absolute Gasteiger partial charge is 0.379 e. The average molecular weight is 466 g/mol. The SMILES string of the molecule is O=C(c1ccc(Br)s1)N(CCCN1CCOCC1)c1nc2ccccc2s1. The maximum atomic E-state index is 13.2. The molecule has 1 aliphatic heterocycles. The van der Waals surface area contributed by atoms with Gasteiger partial charge in [0.15, 0.2) is 5.13 Å². The van der Waals surface area contributed by atoms with Crippen molar-refractivity contribution in [3.8, 4) is 0 Å². The highest BCUT2D eigenvalue weighted by atomic mass is 79.9. The number of aromatic nitrogens is 1. The number of morpholine rings is 1. The van der Waals surface area contributed by atoms with Crippen molar-refractivity contribution in [2.75, 3.05) is 44.3 Å². The van der Waals surface area contributed by atoms with E-state index in [4.69, 9.17) is 9.72 Å². The topological polar surface area (TPSA) is 45.7 Å². The number of thiophene rings is 1. The Morgan fingerprint density at radius 3 is 2.74 bits per heavy atom. The molecule has 142 valence electrons. The van der Waals surface area contributed by atoms with Gasteiger partial charge in [0.05, 0.1) is 32.1 Å². The second-order valence-electron chi connectivity index (χ2n) is 6.33. The Kier molecular flexibility index (Phi) is 6.19. The van der Waals surface area contributed by atoms with Crippen molar-refractivity contribution in [1.29, 1.82) is 0 Å². The number of hydrogen-bond donors (Lipinski definition) is 0. The summed E-state index contributed by atoms with van der Waals surface area (Å²) in [4.78, 5) is 22.8. The molecule has 8 heteroatoms. The van der Waals surface area contributed by atoms with Crippen molar-refractivity contribution in [2.45, 2.75) is 6.42 Å². The molecule has 0 saturated carbocycles. The van der Waals surface area contributed by atoms with Crippen LogP contribution in [0.5, 0.6) is 0 Å². The second-order valence-corrected chi connectivity index (χ2v) is 9.80. The van der Waals surface area contributed by atoms with Crippen molar-refractivity contribution >= 4 is 59.9 Å². The average Bonchev–Trinajstić information content (AvgIpc) is 3.31. The first kappa shape index (κ1) is 19.0. The third-order valence-corrected chi connectivity index (χ3v) is 7.17. The monoisotopic (exact) mass is 465 g/mol. The normalized spacial score (nSPS) is 15.3. The molecule has 27 heavy (non-hydrogen) atoms. The highest BCUT2D eigenvalue weighted by molar-refractivity contribution is 9.11. The van der Waals surface area contributed by atoms with Crippen molar-refractivity contribution in [3.05, 3.63) is 45.1 Å². The number of hydrogen-bond acceptors (Lipinski definition) is 6. The van der Waals surface area contributed by atoms with E-state index >= 15 is 0 Å². The van der Waals surface area contributed by atoms with Gasteiger partial charge >= 0.3 is 0 Å². The van der Waals surface area contributed by atoms with E-state index < -0.39 is 0 Å². The number of thiazole rings is 1. The molecule has 1 fully saturated rings. The zero-order valence-electron chi connectivity index (χ0n) is 14.8. The summed E-state index contributed by atoms with van der Waals surface area (Å²) >= 11 is 6.49. The summed E-state index contributed by atoms with van der Waals surface area (Å²) in [5, 5.41) is 0.771. The zero-order valence-corrected chi connectivity index (χ0v) is 18.0. The van der Waals surface area contributed by atoms with E-state index in [-0.39, 0.29) is 5.91 Å². The highest BCUT2D eigenvalue weighted by Gasteiger charge is 2.23. The summed E-state index contributed by atoms with van der Waals surface area (Å²) in [6, 6.07) is 11.8. The summed E-state index contributed by atoms with van der Waals surface area (Å²) < 4.78 is 7.48. The van der Waals surface area contributed by atoms with Crippen LogP contribution in [0.2, 0.25) is 0 Å². The molecule has 1 aromatic carbocycles. The summed E-state index contributed by atoms with van der Waals surface area (Å²) in [6.07, 6.45) is 0.911. The number of fused-ring (bicyclic) bond motifs is 1. The Morgan fingerprint density at radius 1 is 1.19 bits per heavy atom. The van der Waals surface area contributed by atoms with Crippen LogP contribution in [0.1, 0.15) is 16.1 Å². The van der Waals surface area contributed by atoms with Crippen LogP contribution in [0.25, 0.3) is 10.2 Å². The summed E-state index contributed by atoms with van der Waals surface area (Å²) in [5.41, 5.74) is 0.941. The summed E-state index contributed by atoms with van der Waals surface area (Å²) in [7, 11) is 0. The lowest BCUT2D eigenvalue weighted by atomic mass is 10.3. The molecule has 3 aromatic rings. The minimum Gasteiger partial charge on any atom is -0.379 e. The first-order valence-electron chi connectivity index (χ1n) is 8.93. The molecule has 0 N–H and O–H groups in total. The Labute approximate surface area is 174 Å². The Balaban J connectivity index is 1.53. The predicted molar refractivity (Wildman–Crippen MR) is 115 cm³/mol. The van der Waals surface area contributed by atoms with Gasteiger partial charge in [0.2, 0.25) is 0 Å². The number of carbonyl (C=O) groups is 1. The van der Waals surface area contributed by atoms with Gasteiger partial charge < -0.3 is 4.74 Å². The van der Waals surface area contributed by atoms with E-state index in [0.29, 0.717) is 6.54 Å². The van der Waals surface area contributed by atoms with E-state index in [1.807, 2.05) is 35.2 Å².